The molecule has 1 amide bonds. The number of amides is 1. The van der Waals surface area contributed by atoms with Gasteiger partial charge in [0, 0.05) is 12.8 Å². The number of hydrogen-bond donors (Lipinski definition) is 3. The Labute approximate surface area is 360 Å². The molecule has 2 atom stereocenters. The molecule has 0 aliphatic rings. The predicted molar refractivity (Wildman–Crippen MR) is 250 cm³/mol. The lowest BCUT2D eigenvalue weighted by atomic mass is 10.0. The van der Waals surface area contributed by atoms with Crippen LogP contribution in [0.2, 0.25) is 0 Å². The summed E-state index contributed by atoms with van der Waals surface area (Å²) in [7, 11) is 0. The molecule has 2 unspecified atom stereocenters. The van der Waals surface area contributed by atoms with Crippen LogP contribution in [0, 0.1) is 0 Å². The first kappa shape index (κ1) is 56.1. The molecule has 6 heteroatoms. The zero-order chi connectivity index (χ0) is 42.3. The van der Waals surface area contributed by atoms with Gasteiger partial charge in [-0.15, -0.1) is 0 Å². The number of unbranched alkanes of at least 4 members (excludes halogenated alkanes) is 29. The Morgan fingerprint density at radius 1 is 0.483 bits per heavy atom. The molecule has 58 heavy (non-hydrogen) atoms. The molecule has 0 heterocycles. The number of ether oxygens (including phenoxy) is 1. The number of carbonyl (C=O) groups is 2. The van der Waals surface area contributed by atoms with Gasteiger partial charge in [-0.25, -0.2) is 0 Å². The molecule has 0 radical (unpaired) electrons. The van der Waals surface area contributed by atoms with Crippen LogP contribution < -0.4 is 5.32 Å². The molecule has 3 N–H and O–H groups in total. The minimum Gasteiger partial charge on any atom is -0.466 e. The average molecular weight is 816 g/mol. The van der Waals surface area contributed by atoms with Gasteiger partial charge in [-0.3, -0.25) is 9.59 Å². The van der Waals surface area contributed by atoms with Gasteiger partial charge in [0.25, 0.3) is 0 Å². The van der Waals surface area contributed by atoms with Gasteiger partial charge in [-0.05, 0) is 83.5 Å². The fourth-order valence-corrected chi connectivity index (χ4v) is 7.49. The van der Waals surface area contributed by atoms with Gasteiger partial charge in [0.05, 0.1) is 25.4 Å². The monoisotopic (exact) mass is 816 g/mol. The molecule has 0 aromatic heterocycles. The lowest BCUT2D eigenvalue weighted by molar-refractivity contribution is -0.143. The highest BCUT2D eigenvalue weighted by molar-refractivity contribution is 5.76. The Kier molecular flexibility index (Phi) is 46.2. The summed E-state index contributed by atoms with van der Waals surface area (Å²) in [6, 6.07) is -0.566. The second kappa shape index (κ2) is 47.8. The number of nitrogens with one attached hydrogen (secondary N) is 1. The van der Waals surface area contributed by atoms with Crippen LogP contribution in [-0.2, 0) is 14.3 Å². The van der Waals surface area contributed by atoms with E-state index >= 15 is 0 Å². The highest BCUT2D eigenvalue weighted by atomic mass is 16.5. The number of aliphatic hydroxyl groups is 2. The smallest absolute Gasteiger partial charge is 0.305 e. The predicted octanol–water partition coefficient (Wildman–Crippen LogP) is 14.9. The maximum absolute atomic E-state index is 12.4. The number of aliphatic hydroxyl groups excluding tert-OH is 2. The number of rotatable bonds is 46. The van der Waals surface area contributed by atoms with Crippen LogP contribution in [0.1, 0.15) is 258 Å². The topological polar surface area (TPSA) is 95.9 Å². The van der Waals surface area contributed by atoms with Crippen LogP contribution in [0.5, 0.6) is 0 Å². The van der Waals surface area contributed by atoms with E-state index in [2.05, 4.69) is 55.6 Å². The molecule has 0 aliphatic heterocycles. The molecule has 6 nitrogen and oxygen atoms in total. The largest absolute Gasteiger partial charge is 0.466 e. The molecule has 0 rings (SSSR count). The van der Waals surface area contributed by atoms with E-state index < -0.39 is 12.1 Å². The van der Waals surface area contributed by atoms with Gasteiger partial charge in [0.15, 0.2) is 0 Å². The second-order valence-electron chi connectivity index (χ2n) is 17.1. The Morgan fingerprint density at radius 3 is 1.36 bits per heavy atom. The number of hydrogen-bond acceptors (Lipinski definition) is 5. The summed E-state index contributed by atoms with van der Waals surface area (Å²) in [5.74, 6) is -0.114. The van der Waals surface area contributed by atoms with Crippen LogP contribution in [0.15, 0.2) is 36.5 Å². The van der Waals surface area contributed by atoms with E-state index in [0.29, 0.717) is 25.9 Å². The van der Waals surface area contributed by atoms with Crippen LogP contribution >= 0.6 is 0 Å². The fourth-order valence-electron chi connectivity index (χ4n) is 7.49. The quantitative estimate of drug-likeness (QED) is 0.0323. The maximum atomic E-state index is 12.4. The van der Waals surface area contributed by atoms with Crippen molar-refractivity contribution in [2.24, 2.45) is 0 Å². The van der Waals surface area contributed by atoms with Gasteiger partial charge in [0.1, 0.15) is 0 Å². The molecule has 0 spiro atoms. The van der Waals surface area contributed by atoms with E-state index in [1.54, 1.807) is 0 Å². The zero-order valence-corrected chi connectivity index (χ0v) is 38.5. The summed E-state index contributed by atoms with van der Waals surface area (Å²) >= 11 is 0. The van der Waals surface area contributed by atoms with Crippen LogP contribution in [0.25, 0.3) is 0 Å². The molecule has 0 saturated heterocycles. The zero-order valence-electron chi connectivity index (χ0n) is 38.5. The first-order valence-corrected chi connectivity index (χ1v) is 25.2. The first-order valence-electron chi connectivity index (χ1n) is 25.2. The molecule has 0 saturated carbocycles. The minimum atomic E-state index is -0.685. The normalized spacial score (nSPS) is 13.0. The minimum absolute atomic E-state index is 0.0408. The molecule has 0 fully saturated rings. The summed E-state index contributed by atoms with van der Waals surface area (Å²) in [5.41, 5.74) is 0. The third kappa shape index (κ3) is 43.7. The summed E-state index contributed by atoms with van der Waals surface area (Å²) in [6.45, 7) is 4.82. The summed E-state index contributed by atoms with van der Waals surface area (Å²) in [5, 5.41) is 23.1. The third-order valence-electron chi connectivity index (χ3n) is 11.4. The second-order valence-corrected chi connectivity index (χ2v) is 17.1. The van der Waals surface area contributed by atoms with Crippen molar-refractivity contribution >= 4 is 11.9 Å². The Hall–Kier alpha value is -1.92. The van der Waals surface area contributed by atoms with Crippen molar-refractivity contribution < 1.29 is 24.5 Å². The molecular weight excluding hydrogens is 719 g/mol. The van der Waals surface area contributed by atoms with Gasteiger partial charge < -0.3 is 20.3 Å². The van der Waals surface area contributed by atoms with Gasteiger partial charge >= 0.3 is 5.97 Å². The maximum Gasteiger partial charge on any atom is 0.305 e. The third-order valence-corrected chi connectivity index (χ3v) is 11.4. The average Bonchev–Trinajstić information content (AvgIpc) is 3.22. The summed E-state index contributed by atoms with van der Waals surface area (Å²) in [6.07, 6.45) is 56.8. The van der Waals surface area contributed by atoms with E-state index in [1.807, 2.05) is 0 Å². The van der Waals surface area contributed by atoms with E-state index in [0.717, 1.165) is 83.5 Å². The molecule has 0 aromatic rings. The molecule has 340 valence electrons. The number of esters is 1. The molecule has 0 aromatic carbocycles. The first-order chi connectivity index (χ1) is 28.5. The van der Waals surface area contributed by atoms with Crippen molar-refractivity contribution in [3.05, 3.63) is 36.5 Å². The number of allylic oxidation sites excluding steroid dienone is 6. The Balaban J connectivity index is 3.51. The summed E-state index contributed by atoms with van der Waals surface area (Å²) in [4.78, 5) is 24.5. The summed E-state index contributed by atoms with van der Waals surface area (Å²) < 4.78 is 5.44. The van der Waals surface area contributed by atoms with Crippen molar-refractivity contribution in [1.82, 2.24) is 5.32 Å². The standard InChI is InChI=1S/C52H97NO5/c1-3-5-7-9-11-13-15-17-18-19-20-21-22-23-25-30-34-38-42-46-52(57)58-47-43-39-35-31-27-26-29-33-37-41-45-51(56)53-49(48-54)50(55)44-40-36-32-28-24-16-14-12-10-8-6-4-2/h11,13,17-18,27,31,49-50,54-55H,3-10,12,14-16,19-26,28-30,32-48H2,1-2H3,(H,53,56)/b13-11-,18-17-,31-27-. The van der Waals surface area contributed by atoms with Crippen molar-refractivity contribution in [3.63, 3.8) is 0 Å². The highest BCUT2D eigenvalue weighted by Gasteiger charge is 2.20. The van der Waals surface area contributed by atoms with Crippen molar-refractivity contribution in [2.45, 2.75) is 270 Å². The van der Waals surface area contributed by atoms with Crippen LogP contribution in [-0.4, -0.2) is 47.4 Å². The van der Waals surface area contributed by atoms with Crippen molar-refractivity contribution in [2.75, 3.05) is 13.2 Å². The molecule has 0 bridgehead atoms. The Morgan fingerprint density at radius 2 is 0.862 bits per heavy atom. The van der Waals surface area contributed by atoms with Gasteiger partial charge in [-0.1, -0.05) is 198 Å². The fraction of sp³-hybridized carbons (Fsp3) is 0.846. The highest BCUT2D eigenvalue weighted by Crippen LogP contribution is 2.15. The van der Waals surface area contributed by atoms with Crippen molar-refractivity contribution in [1.29, 1.82) is 0 Å². The van der Waals surface area contributed by atoms with E-state index in [1.165, 1.54) is 141 Å². The molecule has 0 aliphatic carbocycles. The Bertz CT molecular complexity index is 946. The SMILES string of the molecule is CCCCC/C=C\C/C=C\CCCCCCCCCCCC(=O)OCCCC/C=C\CCCCCCC(=O)NC(CO)C(O)CCCCCCCCCCCCCC. The van der Waals surface area contributed by atoms with Gasteiger partial charge in [0.2, 0.25) is 5.91 Å². The van der Waals surface area contributed by atoms with E-state index in [-0.39, 0.29) is 18.5 Å². The lowest BCUT2D eigenvalue weighted by Crippen LogP contribution is -2.45. The van der Waals surface area contributed by atoms with Crippen molar-refractivity contribution in [3.8, 4) is 0 Å². The molecular formula is C52H97NO5. The van der Waals surface area contributed by atoms with E-state index in [9.17, 15) is 19.8 Å². The number of carbonyl (C=O) groups excluding carboxylic acids is 2. The van der Waals surface area contributed by atoms with Crippen LogP contribution in [0.3, 0.4) is 0 Å². The van der Waals surface area contributed by atoms with E-state index in [4.69, 9.17) is 4.74 Å². The van der Waals surface area contributed by atoms with Crippen LogP contribution in [0.4, 0.5) is 0 Å². The lowest BCUT2D eigenvalue weighted by Gasteiger charge is -2.22. The van der Waals surface area contributed by atoms with Gasteiger partial charge in [-0.2, -0.15) is 0 Å².